The van der Waals surface area contributed by atoms with Crippen LogP contribution in [0.5, 0.6) is 5.75 Å². The van der Waals surface area contributed by atoms with Crippen molar-refractivity contribution in [2.45, 2.75) is 31.9 Å². The monoisotopic (exact) mass is 401 g/mol. The zero-order valence-corrected chi connectivity index (χ0v) is 14.6. The Bertz CT molecular complexity index is 868. The first-order valence-electron chi connectivity index (χ1n) is 7.88. The molecular formula is C18H15ClF3NO4. The molecule has 0 fully saturated rings. The molecule has 0 saturated carbocycles. The molecule has 0 aliphatic heterocycles. The van der Waals surface area contributed by atoms with Crippen molar-refractivity contribution in [2.75, 3.05) is 0 Å². The Labute approximate surface area is 157 Å². The quantitative estimate of drug-likeness (QED) is 0.713. The third-order valence-electron chi connectivity index (χ3n) is 3.79. The van der Waals surface area contributed by atoms with Crippen molar-refractivity contribution in [1.29, 1.82) is 0 Å². The van der Waals surface area contributed by atoms with E-state index >= 15 is 0 Å². The van der Waals surface area contributed by atoms with Crippen molar-refractivity contribution in [3.8, 4) is 17.0 Å². The Morgan fingerprint density at radius 1 is 1.07 bits per heavy atom. The number of aromatic nitrogens is 1. The lowest BCUT2D eigenvalue weighted by atomic mass is 10.0. The highest BCUT2D eigenvalue weighted by Gasteiger charge is 2.34. The molecule has 27 heavy (non-hydrogen) atoms. The molecule has 1 heterocycles. The summed E-state index contributed by atoms with van der Waals surface area (Å²) in [6.45, 7) is 0. The maximum Gasteiger partial charge on any atom is 0.417 e. The van der Waals surface area contributed by atoms with Crippen molar-refractivity contribution in [2.24, 2.45) is 0 Å². The van der Waals surface area contributed by atoms with Gasteiger partial charge in [0.25, 0.3) is 0 Å². The number of hydrogen-bond acceptors (Lipinski definition) is 4. The molecule has 0 saturated heterocycles. The molecule has 2 N–H and O–H groups in total. The number of carbonyl (C=O) groups is 2. The Balaban J connectivity index is 2.25. The van der Waals surface area contributed by atoms with E-state index in [1.54, 1.807) is 0 Å². The highest BCUT2D eigenvalue weighted by molar-refractivity contribution is 6.34. The number of hydrogen-bond donors (Lipinski definition) is 2. The van der Waals surface area contributed by atoms with Gasteiger partial charge in [-0.15, -0.1) is 0 Å². The largest absolute Gasteiger partial charge is 0.506 e. The number of carbonyl (C=O) groups excluding carboxylic acids is 1. The minimum Gasteiger partial charge on any atom is -0.506 e. The zero-order chi connectivity index (χ0) is 20.2. The van der Waals surface area contributed by atoms with Gasteiger partial charge in [-0.2, -0.15) is 13.2 Å². The van der Waals surface area contributed by atoms with E-state index in [1.807, 2.05) is 0 Å². The van der Waals surface area contributed by atoms with Crippen LogP contribution >= 0.6 is 11.6 Å². The molecule has 9 heteroatoms. The summed E-state index contributed by atoms with van der Waals surface area (Å²) in [5.74, 6) is -1.63. The van der Waals surface area contributed by atoms with E-state index in [4.69, 9.17) is 16.7 Å². The van der Waals surface area contributed by atoms with Crippen LogP contribution in [0, 0.1) is 0 Å². The van der Waals surface area contributed by atoms with Crippen LogP contribution in [0.2, 0.25) is 5.02 Å². The summed E-state index contributed by atoms with van der Waals surface area (Å²) in [7, 11) is 0. The third kappa shape index (κ3) is 5.43. The molecule has 0 aliphatic rings. The van der Waals surface area contributed by atoms with Gasteiger partial charge in [0.2, 0.25) is 0 Å². The summed E-state index contributed by atoms with van der Waals surface area (Å²) >= 11 is 5.89. The molecule has 0 amide bonds. The molecule has 2 aromatic rings. The normalized spacial score (nSPS) is 11.4. The van der Waals surface area contributed by atoms with Gasteiger partial charge in [-0.1, -0.05) is 23.7 Å². The van der Waals surface area contributed by atoms with Gasteiger partial charge in [-0.25, -0.2) is 4.98 Å². The standard InChI is InChI=1S/C18H15ClF3NO4/c19-17-11(2-1-3-12(17)18(20,21)22)13-7-8-15(25)14(23-13)6-4-10(24)5-9-16(26)27/h1-3,7-8,25H,4-6,9H2,(H,26,27). The molecule has 0 radical (unpaired) electrons. The van der Waals surface area contributed by atoms with Crippen LogP contribution in [-0.4, -0.2) is 26.9 Å². The summed E-state index contributed by atoms with van der Waals surface area (Å²) in [5.41, 5.74) is -0.714. The van der Waals surface area contributed by atoms with Crippen molar-refractivity contribution in [3.05, 3.63) is 46.6 Å². The number of ketones is 1. The first-order chi connectivity index (χ1) is 12.6. The number of alkyl halides is 3. The SMILES string of the molecule is O=C(O)CCC(=O)CCc1nc(-c2cccc(C(F)(F)F)c2Cl)ccc1O. The number of carboxylic acids is 1. The molecule has 1 aromatic carbocycles. The summed E-state index contributed by atoms with van der Waals surface area (Å²) in [4.78, 5) is 26.3. The number of aliphatic carboxylic acids is 1. The number of aryl methyl sites for hydroxylation is 1. The van der Waals surface area contributed by atoms with Crippen LogP contribution in [0.1, 0.15) is 30.5 Å². The summed E-state index contributed by atoms with van der Waals surface area (Å²) < 4.78 is 39.0. The van der Waals surface area contributed by atoms with E-state index in [9.17, 15) is 27.9 Å². The van der Waals surface area contributed by atoms with Gasteiger partial charge in [0, 0.05) is 24.8 Å². The molecule has 1 aromatic heterocycles. The van der Waals surface area contributed by atoms with Crippen LogP contribution in [0.25, 0.3) is 11.3 Å². The van der Waals surface area contributed by atoms with Crippen LogP contribution in [-0.2, 0) is 22.2 Å². The van der Waals surface area contributed by atoms with E-state index in [0.717, 1.165) is 6.07 Å². The van der Waals surface area contributed by atoms with E-state index in [2.05, 4.69) is 4.98 Å². The van der Waals surface area contributed by atoms with Gasteiger partial charge in [-0.3, -0.25) is 9.59 Å². The van der Waals surface area contributed by atoms with Gasteiger partial charge in [0.15, 0.2) is 0 Å². The van der Waals surface area contributed by atoms with E-state index in [0.29, 0.717) is 0 Å². The number of Topliss-reactive ketones (excluding diaryl/α,β-unsaturated/α-hetero) is 1. The minimum absolute atomic E-state index is 0.0225. The number of nitrogens with zero attached hydrogens (tertiary/aromatic N) is 1. The predicted octanol–water partition coefficient (Wildman–Crippen LogP) is 4.49. The van der Waals surface area contributed by atoms with Gasteiger partial charge < -0.3 is 10.2 Å². The molecule has 0 bridgehead atoms. The van der Waals surface area contributed by atoms with Crippen LogP contribution in [0.15, 0.2) is 30.3 Å². The zero-order valence-electron chi connectivity index (χ0n) is 13.9. The molecule has 0 spiro atoms. The molecule has 5 nitrogen and oxygen atoms in total. The second-order valence-corrected chi connectivity index (χ2v) is 6.14. The second-order valence-electron chi connectivity index (χ2n) is 5.76. The Morgan fingerprint density at radius 3 is 2.41 bits per heavy atom. The molecule has 0 atom stereocenters. The molecule has 0 unspecified atom stereocenters. The topological polar surface area (TPSA) is 87.5 Å². The fourth-order valence-corrected chi connectivity index (χ4v) is 2.74. The minimum atomic E-state index is -4.62. The highest BCUT2D eigenvalue weighted by atomic mass is 35.5. The number of pyridine rings is 1. The number of aromatic hydroxyl groups is 1. The predicted molar refractivity (Wildman–Crippen MR) is 91.5 cm³/mol. The van der Waals surface area contributed by atoms with Crippen molar-refractivity contribution >= 4 is 23.4 Å². The fraction of sp³-hybridized carbons (Fsp3) is 0.278. The average Bonchev–Trinajstić information content (AvgIpc) is 2.58. The summed E-state index contributed by atoms with van der Waals surface area (Å²) in [6, 6.07) is 6.02. The maximum atomic E-state index is 13.0. The summed E-state index contributed by atoms with van der Waals surface area (Å²) in [6.07, 6.45) is -5.08. The van der Waals surface area contributed by atoms with Gasteiger partial charge in [-0.05, 0) is 18.2 Å². The van der Waals surface area contributed by atoms with Crippen LogP contribution < -0.4 is 0 Å². The lowest BCUT2D eigenvalue weighted by molar-refractivity contribution is -0.138. The van der Waals surface area contributed by atoms with Crippen molar-refractivity contribution < 1.29 is 33.0 Å². The lowest BCUT2D eigenvalue weighted by Gasteiger charge is -2.13. The number of rotatable bonds is 7. The first-order valence-corrected chi connectivity index (χ1v) is 8.26. The molecule has 2 rings (SSSR count). The smallest absolute Gasteiger partial charge is 0.417 e. The van der Waals surface area contributed by atoms with Gasteiger partial charge in [0.05, 0.1) is 28.4 Å². The Hall–Kier alpha value is -2.61. The Morgan fingerprint density at radius 2 is 1.78 bits per heavy atom. The second kappa shape index (κ2) is 8.39. The third-order valence-corrected chi connectivity index (χ3v) is 4.20. The first kappa shape index (κ1) is 20.7. The number of halogens is 4. The van der Waals surface area contributed by atoms with E-state index in [1.165, 1.54) is 24.3 Å². The maximum absolute atomic E-state index is 13.0. The van der Waals surface area contributed by atoms with Crippen LogP contribution in [0.3, 0.4) is 0 Å². The molecule has 0 aliphatic carbocycles. The number of benzene rings is 1. The van der Waals surface area contributed by atoms with Crippen molar-refractivity contribution in [1.82, 2.24) is 4.98 Å². The fourth-order valence-electron chi connectivity index (χ4n) is 2.41. The van der Waals surface area contributed by atoms with E-state index < -0.39 is 22.7 Å². The molecule has 144 valence electrons. The molecular weight excluding hydrogens is 387 g/mol. The van der Waals surface area contributed by atoms with Gasteiger partial charge >= 0.3 is 12.1 Å². The average molecular weight is 402 g/mol. The lowest BCUT2D eigenvalue weighted by Crippen LogP contribution is -2.07. The highest BCUT2D eigenvalue weighted by Crippen LogP contribution is 2.39. The van der Waals surface area contributed by atoms with Crippen molar-refractivity contribution in [3.63, 3.8) is 0 Å². The van der Waals surface area contributed by atoms with Gasteiger partial charge in [0.1, 0.15) is 11.5 Å². The van der Waals surface area contributed by atoms with Crippen LogP contribution in [0.4, 0.5) is 13.2 Å². The summed E-state index contributed by atoms with van der Waals surface area (Å²) in [5, 5.41) is 17.9. The van der Waals surface area contributed by atoms with E-state index in [-0.39, 0.29) is 54.2 Å². The number of carboxylic acid groups (broad SMARTS) is 1. The Kier molecular flexibility index (Phi) is 6.43.